The number of halogens is 3. The lowest BCUT2D eigenvalue weighted by Crippen LogP contribution is -1.91. The van der Waals surface area contributed by atoms with Crippen LogP contribution in [-0.2, 0) is 0 Å². The summed E-state index contributed by atoms with van der Waals surface area (Å²) >= 11 is 7.62. The largest absolute Gasteiger partial charge is 0.204 e. The zero-order valence-electron chi connectivity index (χ0n) is 10.6. The van der Waals surface area contributed by atoms with Gasteiger partial charge in [0.05, 0.1) is 0 Å². The van der Waals surface area contributed by atoms with Crippen molar-refractivity contribution in [3.05, 3.63) is 70.7 Å². The topological polar surface area (TPSA) is 25.8 Å². The van der Waals surface area contributed by atoms with Crippen LogP contribution >= 0.6 is 22.9 Å². The first-order valence-electron chi connectivity index (χ1n) is 6.13. The Labute approximate surface area is 129 Å². The Hall–Kier alpha value is -1.85. The van der Waals surface area contributed by atoms with Gasteiger partial charge in [-0.25, -0.2) is 8.78 Å². The third-order valence-electron chi connectivity index (χ3n) is 2.92. The highest BCUT2D eigenvalue weighted by Gasteiger charge is 2.17. The maximum Gasteiger partial charge on any atom is 0.159 e. The molecule has 6 heteroatoms. The minimum Gasteiger partial charge on any atom is -0.204 e. The Morgan fingerprint density at radius 1 is 0.952 bits per heavy atom. The van der Waals surface area contributed by atoms with E-state index in [2.05, 4.69) is 10.2 Å². The number of hydrogen-bond donors (Lipinski definition) is 0. The second-order valence-electron chi connectivity index (χ2n) is 4.35. The number of hydrogen-bond acceptors (Lipinski definition) is 3. The summed E-state index contributed by atoms with van der Waals surface area (Å²) in [5, 5.41) is 8.74. The fraction of sp³-hybridized carbons (Fsp3) is 0.0667. The smallest absolute Gasteiger partial charge is 0.159 e. The molecule has 1 aromatic heterocycles. The third kappa shape index (κ3) is 2.94. The molecule has 1 atom stereocenters. The van der Waals surface area contributed by atoms with Crippen LogP contribution in [0.3, 0.4) is 0 Å². The first-order valence-corrected chi connectivity index (χ1v) is 7.38. The van der Waals surface area contributed by atoms with Crippen molar-refractivity contribution in [3.8, 4) is 10.6 Å². The molecule has 0 aliphatic carbocycles. The van der Waals surface area contributed by atoms with E-state index >= 15 is 0 Å². The summed E-state index contributed by atoms with van der Waals surface area (Å²) in [4.78, 5) is 0. The third-order valence-corrected chi connectivity index (χ3v) is 4.54. The highest BCUT2D eigenvalue weighted by molar-refractivity contribution is 7.15. The van der Waals surface area contributed by atoms with Gasteiger partial charge in [0, 0.05) is 5.56 Å². The standard InChI is InChI=1S/C15H9ClF2N2S/c16-13(9-4-2-1-3-5-9)15-20-19-14(21-15)10-6-7-11(17)12(18)8-10/h1-8,13H. The van der Waals surface area contributed by atoms with Crippen LogP contribution < -0.4 is 0 Å². The van der Waals surface area contributed by atoms with Crippen LogP contribution in [0.15, 0.2) is 48.5 Å². The molecule has 2 nitrogen and oxygen atoms in total. The molecule has 0 spiro atoms. The predicted octanol–water partition coefficient (Wildman–Crippen LogP) is 4.81. The van der Waals surface area contributed by atoms with Crippen LogP contribution in [0.2, 0.25) is 0 Å². The second-order valence-corrected chi connectivity index (χ2v) is 5.79. The van der Waals surface area contributed by atoms with Gasteiger partial charge in [-0.05, 0) is 23.8 Å². The molecule has 3 rings (SSSR count). The molecule has 0 saturated carbocycles. The molecule has 0 aliphatic heterocycles. The minimum absolute atomic E-state index is 0.414. The predicted molar refractivity (Wildman–Crippen MR) is 79.4 cm³/mol. The molecule has 1 unspecified atom stereocenters. The molecule has 106 valence electrons. The van der Waals surface area contributed by atoms with Crippen molar-refractivity contribution in [1.29, 1.82) is 0 Å². The van der Waals surface area contributed by atoms with Crippen LogP contribution in [-0.4, -0.2) is 10.2 Å². The molecule has 0 fully saturated rings. The van der Waals surface area contributed by atoms with Gasteiger partial charge >= 0.3 is 0 Å². The van der Waals surface area contributed by atoms with Gasteiger partial charge in [-0.15, -0.1) is 21.8 Å². The number of aromatic nitrogens is 2. The van der Waals surface area contributed by atoms with Crippen molar-refractivity contribution < 1.29 is 8.78 Å². The molecular weight excluding hydrogens is 314 g/mol. The van der Waals surface area contributed by atoms with E-state index < -0.39 is 17.0 Å². The molecule has 21 heavy (non-hydrogen) atoms. The Morgan fingerprint density at radius 2 is 1.71 bits per heavy atom. The minimum atomic E-state index is -0.908. The average Bonchev–Trinajstić information content (AvgIpc) is 3.00. The normalized spacial score (nSPS) is 12.3. The molecular formula is C15H9ClF2N2S. The lowest BCUT2D eigenvalue weighted by Gasteiger charge is -2.04. The van der Waals surface area contributed by atoms with Gasteiger partial charge in [-0.3, -0.25) is 0 Å². The summed E-state index contributed by atoms with van der Waals surface area (Å²) in [6.45, 7) is 0. The summed E-state index contributed by atoms with van der Waals surface area (Å²) in [7, 11) is 0. The summed E-state index contributed by atoms with van der Waals surface area (Å²) in [5.41, 5.74) is 1.39. The van der Waals surface area contributed by atoms with Gasteiger partial charge < -0.3 is 0 Å². The van der Waals surface area contributed by atoms with Crippen molar-refractivity contribution in [2.45, 2.75) is 5.38 Å². The summed E-state index contributed by atoms with van der Waals surface area (Å²) in [6, 6.07) is 13.1. The van der Waals surface area contributed by atoms with Crippen molar-refractivity contribution in [1.82, 2.24) is 10.2 Å². The molecule has 0 aliphatic rings. The maximum atomic E-state index is 13.3. The monoisotopic (exact) mass is 322 g/mol. The van der Waals surface area contributed by atoms with E-state index in [9.17, 15) is 8.78 Å². The van der Waals surface area contributed by atoms with Gasteiger partial charge in [0.1, 0.15) is 15.4 Å². The number of rotatable bonds is 3. The van der Waals surface area contributed by atoms with E-state index in [-0.39, 0.29) is 0 Å². The van der Waals surface area contributed by atoms with E-state index in [4.69, 9.17) is 11.6 Å². The summed E-state index contributed by atoms with van der Waals surface area (Å²) in [5.74, 6) is -1.79. The number of nitrogens with zero attached hydrogens (tertiary/aromatic N) is 2. The van der Waals surface area contributed by atoms with Crippen LogP contribution in [0.25, 0.3) is 10.6 Å². The molecule has 1 heterocycles. The molecule has 0 saturated heterocycles. The summed E-state index contributed by atoms with van der Waals surface area (Å²) < 4.78 is 26.2. The maximum absolute atomic E-state index is 13.3. The highest BCUT2D eigenvalue weighted by atomic mass is 35.5. The van der Waals surface area contributed by atoms with E-state index in [1.54, 1.807) is 0 Å². The van der Waals surface area contributed by atoms with E-state index in [0.717, 1.165) is 17.7 Å². The fourth-order valence-electron chi connectivity index (χ4n) is 1.85. The zero-order valence-corrected chi connectivity index (χ0v) is 12.2. The molecule has 0 bridgehead atoms. The number of benzene rings is 2. The van der Waals surface area contributed by atoms with Gasteiger partial charge in [0.25, 0.3) is 0 Å². The Morgan fingerprint density at radius 3 is 2.43 bits per heavy atom. The lowest BCUT2D eigenvalue weighted by atomic mass is 10.1. The van der Waals surface area contributed by atoms with E-state index in [0.29, 0.717) is 15.6 Å². The van der Waals surface area contributed by atoms with Crippen molar-refractivity contribution in [2.75, 3.05) is 0 Å². The molecule has 0 radical (unpaired) electrons. The Balaban J connectivity index is 1.91. The number of alkyl halides is 1. The van der Waals surface area contributed by atoms with Crippen molar-refractivity contribution in [2.24, 2.45) is 0 Å². The molecule has 2 aromatic carbocycles. The summed E-state index contributed by atoms with van der Waals surface area (Å²) in [6.07, 6.45) is 0. The van der Waals surface area contributed by atoms with Crippen LogP contribution in [0.4, 0.5) is 8.78 Å². The quantitative estimate of drug-likeness (QED) is 0.647. The molecule has 0 amide bonds. The van der Waals surface area contributed by atoms with Crippen molar-refractivity contribution in [3.63, 3.8) is 0 Å². The second kappa shape index (κ2) is 5.87. The van der Waals surface area contributed by atoms with E-state index in [1.165, 1.54) is 17.4 Å². The zero-order chi connectivity index (χ0) is 14.8. The molecule has 0 N–H and O–H groups in total. The van der Waals surface area contributed by atoms with Gasteiger partial charge in [0.2, 0.25) is 0 Å². The van der Waals surface area contributed by atoms with Crippen molar-refractivity contribution >= 4 is 22.9 Å². The average molecular weight is 323 g/mol. The van der Waals surface area contributed by atoms with E-state index in [1.807, 2.05) is 30.3 Å². The fourth-order valence-corrected chi connectivity index (χ4v) is 3.02. The highest BCUT2D eigenvalue weighted by Crippen LogP contribution is 2.34. The Kier molecular flexibility index (Phi) is 3.94. The lowest BCUT2D eigenvalue weighted by molar-refractivity contribution is 0.509. The Bertz CT molecular complexity index is 761. The molecule has 3 aromatic rings. The van der Waals surface area contributed by atoms with Crippen LogP contribution in [0.5, 0.6) is 0 Å². The first kappa shape index (κ1) is 14.1. The van der Waals surface area contributed by atoms with Gasteiger partial charge in [-0.1, -0.05) is 41.7 Å². The van der Waals surface area contributed by atoms with Crippen LogP contribution in [0.1, 0.15) is 15.9 Å². The first-order chi connectivity index (χ1) is 10.1. The SMILES string of the molecule is Fc1ccc(-c2nnc(C(Cl)c3ccccc3)s2)cc1F. The van der Waals surface area contributed by atoms with Gasteiger partial charge in [-0.2, -0.15) is 0 Å². The van der Waals surface area contributed by atoms with Gasteiger partial charge in [0.15, 0.2) is 11.6 Å². The van der Waals surface area contributed by atoms with Crippen LogP contribution in [0, 0.1) is 11.6 Å².